The van der Waals surface area contributed by atoms with Gasteiger partial charge in [-0.3, -0.25) is 4.79 Å². The van der Waals surface area contributed by atoms with Crippen LogP contribution in [-0.2, 0) is 9.47 Å². The molecule has 0 aliphatic rings. The van der Waals surface area contributed by atoms with E-state index in [0.29, 0.717) is 4.90 Å². The van der Waals surface area contributed by atoms with E-state index in [4.69, 9.17) is 9.47 Å². The number of aromatic amines is 1. The molecule has 2 heterocycles. The lowest BCUT2D eigenvalue weighted by Crippen LogP contribution is -2.45. The van der Waals surface area contributed by atoms with E-state index in [2.05, 4.69) is 31.0 Å². The number of ether oxygens (including phenoxy) is 2. The molecule has 2 aromatic heterocycles. The van der Waals surface area contributed by atoms with Gasteiger partial charge in [0.15, 0.2) is 10.4 Å². The number of carbonyl (C=O) groups is 2. The molecule has 0 fully saturated rings. The highest BCUT2D eigenvalue weighted by atomic mass is 79.9. The SMILES string of the molecule is CC(C)(C)OC(=O)N(C(=O)OC(C)(C)C)c1[nH]c(=O)c2ncnn2c1Br. The lowest BCUT2D eigenvalue weighted by Gasteiger charge is -2.28. The number of aromatic nitrogens is 4. The van der Waals surface area contributed by atoms with E-state index in [1.54, 1.807) is 41.5 Å². The van der Waals surface area contributed by atoms with Crippen LogP contribution in [0.5, 0.6) is 0 Å². The second-order valence-electron chi connectivity index (χ2n) is 7.39. The zero-order valence-corrected chi connectivity index (χ0v) is 16.9. The highest BCUT2D eigenvalue weighted by Gasteiger charge is 2.35. The van der Waals surface area contributed by atoms with E-state index in [1.165, 1.54) is 6.33 Å². The van der Waals surface area contributed by atoms with Gasteiger partial charge >= 0.3 is 12.2 Å². The number of hydrogen-bond donors (Lipinski definition) is 1. The molecule has 26 heavy (non-hydrogen) atoms. The van der Waals surface area contributed by atoms with Crippen LogP contribution >= 0.6 is 15.9 Å². The van der Waals surface area contributed by atoms with Crippen molar-refractivity contribution in [3.05, 3.63) is 21.3 Å². The smallest absolute Gasteiger partial charge is 0.425 e. The molecule has 1 N–H and O–H groups in total. The number of fused-ring (bicyclic) bond motifs is 1. The van der Waals surface area contributed by atoms with E-state index in [1.807, 2.05) is 0 Å². The van der Waals surface area contributed by atoms with Crippen molar-refractivity contribution in [2.75, 3.05) is 4.90 Å². The van der Waals surface area contributed by atoms with Gasteiger partial charge in [0, 0.05) is 0 Å². The normalized spacial score (nSPS) is 12.1. The Labute approximate surface area is 157 Å². The predicted molar refractivity (Wildman–Crippen MR) is 96.3 cm³/mol. The summed E-state index contributed by atoms with van der Waals surface area (Å²) in [5, 5.41) is 3.90. The summed E-state index contributed by atoms with van der Waals surface area (Å²) in [6.45, 7) is 9.90. The van der Waals surface area contributed by atoms with Crippen LogP contribution in [0.2, 0.25) is 0 Å². The van der Waals surface area contributed by atoms with Gasteiger partial charge in [0.1, 0.15) is 17.5 Å². The average molecular weight is 430 g/mol. The minimum atomic E-state index is -1.01. The van der Waals surface area contributed by atoms with Crippen LogP contribution in [-0.4, -0.2) is 43.0 Å². The molecule has 2 rings (SSSR count). The van der Waals surface area contributed by atoms with E-state index >= 15 is 0 Å². The van der Waals surface area contributed by atoms with Crippen LogP contribution in [0.1, 0.15) is 41.5 Å². The maximum atomic E-state index is 12.6. The number of rotatable bonds is 1. The Bertz CT molecular complexity index is 878. The number of imide groups is 1. The highest BCUT2D eigenvalue weighted by molar-refractivity contribution is 9.10. The van der Waals surface area contributed by atoms with Crippen LogP contribution in [0.3, 0.4) is 0 Å². The number of H-pyrrole nitrogens is 1. The summed E-state index contributed by atoms with van der Waals surface area (Å²) in [6.07, 6.45) is -0.852. The van der Waals surface area contributed by atoms with Gasteiger partial charge in [-0.15, -0.1) is 0 Å². The van der Waals surface area contributed by atoms with Gasteiger partial charge in [-0.05, 0) is 57.5 Å². The molecule has 0 spiro atoms. The van der Waals surface area contributed by atoms with Gasteiger partial charge in [0.05, 0.1) is 0 Å². The Kier molecular flexibility index (Phi) is 5.13. The fourth-order valence-corrected chi connectivity index (χ4v) is 2.41. The Morgan fingerprint density at radius 3 is 2.08 bits per heavy atom. The molecular formula is C15H20BrN5O5. The van der Waals surface area contributed by atoms with Crippen molar-refractivity contribution >= 4 is 39.6 Å². The minimum Gasteiger partial charge on any atom is -0.443 e. The summed E-state index contributed by atoms with van der Waals surface area (Å²) < 4.78 is 11.8. The Morgan fingerprint density at radius 1 is 1.12 bits per heavy atom. The fraction of sp³-hybridized carbons (Fsp3) is 0.533. The summed E-state index contributed by atoms with van der Waals surface area (Å²) in [6, 6.07) is 0. The van der Waals surface area contributed by atoms with Gasteiger partial charge in [-0.1, -0.05) is 0 Å². The van der Waals surface area contributed by atoms with Crippen molar-refractivity contribution < 1.29 is 19.1 Å². The van der Waals surface area contributed by atoms with Crippen molar-refractivity contribution in [1.82, 2.24) is 19.6 Å². The second-order valence-corrected chi connectivity index (χ2v) is 8.14. The van der Waals surface area contributed by atoms with Gasteiger partial charge in [-0.25, -0.2) is 14.6 Å². The molecule has 0 radical (unpaired) electrons. The van der Waals surface area contributed by atoms with Gasteiger partial charge in [0.2, 0.25) is 5.65 Å². The topological polar surface area (TPSA) is 119 Å². The number of halogens is 1. The molecule has 11 heteroatoms. The highest BCUT2D eigenvalue weighted by Crippen LogP contribution is 2.26. The van der Waals surface area contributed by atoms with E-state index in [0.717, 1.165) is 4.52 Å². The zero-order chi connectivity index (χ0) is 19.9. The van der Waals surface area contributed by atoms with Crippen LogP contribution in [0.25, 0.3) is 5.65 Å². The molecule has 0 unspecified atom stereocenters. The summed E-state index contributed by atoms with van der Waals surface area (Å²) in [7, 11) is 0. The Morgan fingerprint density at radius 2 is 1.62 bits per heavy atom. The zero-order valence-electron chi connectivity index (χ0n) is 15.3. The molecule has 10 nitrogen and oxygen atoms in total. The van der Waals surface area contributed by atoms with E-state index in [9.17, 15) is 14.4 Å². The molecule has 0 atom stereocenters. The molecule has 2 aromatic rings. The van der Waals surface area contributed by atoms with E-state index in [-0.39, 0.29) is 16.1 Å². The third kappa shape index (κ3) is 4.40. The van der Waals surface area contributed by atoms with Crippen LogP contribution in [0, 0.1) is 0 Å². The lowest BCUT2D eigenvalue weighted by atomic mass is 10.2. The molecule has 2 amide bonds. The third-order valence-corrected chi connectivity index (χ3v) is 3.45. The number of hydrogen-bond acceptors (Lipinski definition) is 7. The maximum Gasteiger partial charge on any atom is 0.425 e. The number of nitrogens with zero attached hydrogens (tertiary/aromatic N) is 4. The van der Waals surface area contributed by atoms with Crippen molar-refractivity contribution in [3.8, 4) is 0 Å². The molecule has 142 valence electrons. The first-order valence-corrected chi connectivity index (χ1v) is 8.47. The molecule has 0 aliphatic heterocycles. The average Bonchev–Trinajstić information content (AvgIpc) is 2.90. The van der Waals surface area contributed by atoms with Gasteiger partial charge < -0.3 is 14.5 Å². The summed E-state index contributed by atoms with van der Waals surface area (Å²) in [5.74, 6) is -0.184. The molecule has 0 aliphatic carbocycles. The standard InChI is InChI=1S/C15H20BrN5O5/c1-14(2,3)25-12(23)20(13(24)26-15(4,5)6)9-8(16)21-10(11(22)19-9)17-7-18-21/h7H,1-6H3,(H,19,22). The molecular weight excluding hydrogens is 410 g/mol. The fourth-order valence-electron chi connectivity index (χ4n) is 1.88. The largest absolute Gasteiger partial charge is 0.443 e. The van der Waals surface area contributed by atoms with Crippen molar-refractivity contribution in [2.24, 2.45) is 0 Å². The lowest BCUT2D eigenvalue weighted by molar-refractivity contribution is 0.0428. The van der Waals surface area contributed by atoms with Crippen LogP contribution in [0.15, 0.2) is 15.7 Å². The van der Waals surface area contributed by atoms with Crippen LogP contribution in [0.4, 0.5) is 15.4 Å². The summed E-state index contributed by atoms with van der Waals surface area (Å²) >= 11 is 3.22. The Hall–Kier alpha value is -2.43. The first-order valence-electron chi connectivity index (χ1n) is 7.68. The summed E-state index contributed by atoms with van der Waals surface area (Å²) in [4.78, 5) is 44.3. The molecule has 0 bridgehead atoms. The number of anilines is 1. The predicted octanol–water partition coefficient (Wildman–Crippen LogP) is 2.86. The minimum absolute atomic E-state index is 0.00560. The van der Waals surface area contributed by atoms with Crippen molar-refractivity contribution in [2.45, 2.75) is 52.7 Å². The number of carbonyl (C=O) groups excluding carboxylic acids is 2. The van der Waals surface area contributed by atoms with E-state index < -0.39 is 28.9 Å². The second kappa shape index (κ2) is 6.71. The quantitative estimate of drug-likeness (QED) is 0.739. The van der Waals surface area contributed by atoms with Gasteiger partial charge in [-0.2, -0.15) is 14.5 Å². The number of nitrogens with one attached hydrogen (secondary N) is 1. The first-order chi connectivity index (χ1) is 11.8. The molecule has 0 saturated carbocycles. The first kappa shape index (κ1) is 19.9. The third-order valence-electron chi connectivity index (χ3n) is 2.74. The van der Waals surface area contributed by atoms with Gasteiger partial charge in [0.25, 0.3) is 5.56 Å². The molecule has 0 aromatic carbocycles. The van der Waals surface area contributed by atoms with Crippen molar-refractivity contribution in [1.29, 1.82) is 0 Å². The van der Waals surface area contributed by atoms with Crippen LogP contribution < -0.4 is 10.5 Å². The maximum absolute atomic E-state index is 12.6. The monoisotopic (exact) mass is 429 g/mol. The summed E-state index contributed by atoms with van der Waals surface area (Å²) in [5.41, 5.74) is -2.39. The van der Waals surface area contributed by atoms with Crippen molar-refractivity contribution in [3.63, 3.8) is 0 Å². The number of amides is 2. The Balaban J connectivity index is 2.60. The molecule has 0 saturated heterocycles.